The van der Waals surface area contributed by atoms with Gasteiger partial charge in [0, 0.05) is 31.9 Å². The van der Waals surface area contributed by atoms with Crippen molar-refractivity contribution in [2.24, 2.45) is 5.92 Å². The Hall–Kier alpha value is -1.14. The van der Waals surface area contributed by atoms with Crippen LogP contribution in [0.3, 0.4) is 0 Å². The number of aromatic nitrogens is 1. The molecule has 5 nitrogen and oxygen atoms in total. The van der Waals surface area contributed by atoms with Gasteiger partial charge in [0.1, 0.15) is 0 Å². The zero-order valence-electron chi connectivity index (χ0n) is 13.3. The number of urea groups is 1. The maximum atomic E-state index is 12.1. The SMILES string of the molecule is Cc1nc(CCNC(=O)N(C)CC2CCN(C)CC2)cs1. The van der Waals surface area contributed by atoms with Crippen molar-refractivity contribution in [2.75, 3.05) is 40.3 Å². The topological polar surface area (TPSA) is 48.5 Å². The lowest BCUT2D eigenvalue weighted by Gasteiger charge is -2.31. The highest BCUT2D eigenvalue weighted by Gasteiger charge is 2.20. The molecule has 1 aliphatic rings. The van der Waals surface area contributed by atoms with Crippen LogP contribution in [0.5, 0.6) is 0 Å². The van der Waals surface area contributed by atoms with Crippen molar-refractivity contribution < 1.29 is 4.79 Å². The molecule has 1 N–H and O–H groups in total. The van der Waals surface area contributed by atoms with E-state index in [1.165, 1.54) is 12.8 Å². The van der Waals surface area contributed by atoms with Gasteiger partial charge in [-0.1, -0.05) is 0 Å². The molecule has 118 valence electrons. The largest absolute Gasteiger partial charge is 0.338 e. The summed E-state index contributed by atoms with van der Waals surface area (Å²) in [4.78, 5) is 20.6. The van der Waals surface area contributed by atoms with E-state index in [2.05, 4.69) is 27.6 Å². The van der Waals surface area contributed by atoms with Crippen LogP contribution >= 0.6 is 11.3 Å². The molecule has 0 aromatic carbocycles. The van der Waals surface area contributed by atoms with Crippen LogP contribution in [0.4, 0.5) is 4.79 Å². The summed E-state index contributed by atoms with van der Waals surface area (Å²) in [6.45, 7) is 5.80. The maximum Gasteiger partial charge on any atom is 0.317 e. The fourth-order valence-corrected chi connectivity index (χ4v) is 3.32. The third-order valence-corrected chi connectivity index (χ3v) is 4.86. The summed E-state index contributed by atoms with van der Waals surface area (Å²) in [6, 6.07) is 0.0286. The number of aryl methyl sites for hydroxylation is 1. The zero-order valence-corrected chi connectivity index (χ0v) is 14.1. The average molecular weight is 310 g/mol. The number of nitrogens with zero attached hydrogens (tertiary/aromatic N) is 3. The van der Waals surface area contributed by atoms with Gasteiger partial charge in [-0.05, 0) is 45.8 Å². The van der Waals surface area contributed by atoms with Gasteiger partial charge in [-0.25, -0.2) is 9.78 Å². The van der Waals surface area contributed by atoms with E-state index in [9.17, 15) is 4.79 Å². The number of rotatable bonds is 5. The molecule has 0 aliphatic carbocycles. The second kappa shape index (κ2) is 7.75. The Labute approximate surface area is 131 Å². The van der Waals surface area contributed by atoms with Gasteiger partial charge in [0.25, 0.3) is 0 Å². The highest BCUT2D eigenvalue weighted by Crippen LogP contribution is 2.16. The van der Waals surface area contributed by atoms with Crippen molar-refractivity contribution >= 4 is 17.4 Å². The summed E-state index contributed by atoms with van der Waals surface area (Å²) in [7, 11) is 4.05. The normalized spacial score (nSPS) is 16.9. The molecule has 2 heterocycles. The summed E-state index contributed by atoms with van der Waals surface area (Å²) in [6.07, 6.45) is 3.18. The van der Waals surface area contributed by atoms with Crippen molar-refractivity contribution in [2.45, 2.75) is 26.2 Å². The summed E-state index contributed by atoms with van der Waals surface area (Å²) in [5.74, 6) is 0.637. The first-order chi connectivity index (χ1) is 10.0. The average Bonchev–Trinajstić information content (AvgIpc) is 2.87. The molecule has 2 rings (SSSR count). The van der Waals surface area contributed by atoms with Crippen LogP contribution in [0.15, 0.2) is 5.38 Å². The first-order valence-corrected chi connectivity index (χ1v) is 8.51. The Morgan fingerprint density at radius 1 is 1.52 bits per heavy atom. The van der Waals surface area contributed by atoms with E-state index in [1.54, 1.807) is 11.3 Å². The molecule has 0 saturated carbocycles. The lowest BCUT2D eigenvalue weighted by Crippen LogP contribution is -2.42. The second-order valence-electron chi connectivity index (χ2n) is 5.97. The molecule has 0 unspecified atom stereocenters. The van der Waals surface area contributed by atoms with Gasteiger partial charge in [0.15, 0.2) is 0 Å². The first kappa shape index (κ1) is 16.2. The summed E-state index contributed by atoms with van der Waals surface area (Å²) in [5, 5.41) is 6.12. The number of carbonyl (C=O) groups excluding carboxylic acids is 1. The van der Waals surface area contributed by atoms with E-state index >= 15 is 0 Å². The standard InChI is InChI=1S/C15H26N4OS/c1-12-17-14(11-21-12)4-7-16-15(20)19(3)10-13-5-8-18(2)9-6-13/h11,13H,4-10H2,1-3H3,(H,16,20). The minimum atomic E-state index is 0.0286. The van der Waals surface area contributed by atoms with Crippen LogP contribution < -0.4 is 5.32 Å². The first-order valence-electron chi connectivity index (χ1n) is 7.63. The number of hydrogen-bond acceptors (Lipinski definition) is 4. The lowest BCUT2D eigenvalue weighted by atomic mass is 9.97. The molecule has 0 bridgehead atoms. The van der Waals surface area contributed by atoms with Crippen LogP contribution in [-0.2, 0) is 6.42 Å². The predicted octanol–water partition coefficient (Wildman–Crippen LogP) is 1.98. The number of piperidine rings is 1. The van der Waals surface area contributed by atoms with Gasteiger partial charge in [-0.15, -0.1) is 11.3 Å². The Balaban J connectivity index is 1.65. The van der Waals surface area contributed by atoms with Crippen LogP contribution in [-0.4, -0.2) is 61.1 Å². The van der Waals surface area contributed by atoms with E-state index in [1.807, 2.05) is 18.9 Å². The summed E-state index contributed by atoms with van der Waals surface area (Å²) in [5.41, 5.74) is 1.07. The van der Waals surface area contributed by atoms with Crippen LogP contribution in [0.1, 0.15) is 23.5 Å². The molecule has 2 amide bonds. The number of carbonyl (C=O) groups is 1. The van der Waals surface area contributed by atoms with Crippen molar-refractivity contribution in [3.63, 3.8) is 0 Å². The predicted molar refractivity (Wildman–Crippen MR) is 86.8 cm³/mol. The van der Waals surface area contributed by atoms with E-state index in [0.717, 1.165) is 36.8 Å². The van der Waals surface area contributed by atoms with E-state index in [4.69, 9.17) is 0 Å². The highest BCUT2D eigenvalue weighted by molar-refractivity contribution is 7.09. The van der Waals surface area contributed by atoms with Crippen LogP contribution in [0.25, 0.3) is 0 Å². The Bertz CT molecular complexity index is 454. The molecule has 21 heavy (non-hydrogen) atoms. The lowest BCUT2D eigenvalue weighted by molar-refractivity contribution is 0.170. The van der Waals surface area contributed by atoms with Gasteiger partial charge in [-0.3, -0.25) is 0 Å². The summed E-state index contributed by atoms with van der Waals surface area (Å²) >= 11 is 1.65. The molecular weight excluding hydrogens is 284 g/mol. The van der Waals surface area contributed by atoms with E-state index in [0.29, 0.717) is 12.5 Å². The third kappa shape index (κ3) is 5.28. The minimum absolute atomic E-state index is 0.0286. The molecule has 0 spiro atoms. The quantitative estimate of drug-likeness (QED) is 0.904. The van der Waals surface area contributed by atoms with Gasteiger partial charge in [0.2, 0.25) is 0 Å². The molecule has 0 atom stereocenters. The summed E-state index contributed by atoms with van der Waals surface area (Å²) < 4.78 is 0. The number of thiazole rings is 1. The maximum absolute atomic E-state index is 12.1. The third-order valence-electron chi connectivity index (χ3n) is 4.04. The van der Waals surface area contributed by atoms with Crippen LogP contribution in [0, 0.1) is 12.8 Å². The number of likely N-dealkylation sites (tertiary alicyclic amines) is 1. The second-order valence-corrected chi connectivity index (χ2v) is 7.03. The van der Waals surface area contributed by atoms with E-state index < -0.39 is 0 Å². The molecule has 1 saturated heterocycles. The van der Waals surface area contributed by atoms with Crippen molar-refractivity contribution in [1.29, 1.82) is 0 Å². The van der Waals surface area contributed by atoms with Gasteiger partial charge in [0.05, 0.1) is 10.7 Å². The Kier molecular flexibility index (Phi) is 5.99. The van der Waals surface area contributed by atoms with Gasteiger partial charge < -0.3 is 15.1 Å². The molecule has 1 fully saturated rings. The number of nitrogens with one attached hydrogen (secondary N) is 1. The van der Waals surface area contributed by atoms with Crippen LogP contribution in [0.2, 0.25) is 0 Å². The minimum Gasteiger partial charge on any atom is -0.338 e. The Morgan fingerprint density at radius 2 is 2.24 bits per heavy atom. The molecule has 1 aromatic rings. The van der Waals surface area contributed by atoms with Gasteiger partial charge in [-0.2, -0.15) is 0 Å². The van der Waals surface area contributed by atoms with Crippen molar-refractivity contribution in [3.05, 3.63) is 16.1 Å². The van der Waals surface area contributed by atoms with Crippen molar-refractivity contribution in [1.82, 2.24) is 20.1 Å². The molecule has 1 aliphatic heterocycles. The monoisotopic (exact) mass is 310 g/mol. The molecule has 1 aromatic heterocycles. The zero-order chi connectivity index (χ0) is 15.2. The van der Waals surface area contributed by atoms with E-state index in [-0.39, 0.29) is 6.03 Å². The van der Waals surface area contributed by atoms with Crippen molar-refractivity contribution in [3.8, 4) is 0 Å². The molecule has 6 heteroatoms. The highest BCUT2D eigenvalue weighted by atomic mass is 32.1. The molecular formula is C15H26N4OS. The van der Waals surface area contributed by atoms with Gasteiger partial charge >= 0.3 is 6.03 Å². The Morgan fingerprint density at radius 3 is 2.86 bits per heavy atom. The number of amides is 2. The fraction of sp³-hybridized carbons (Fsp3) is 0.733. The molecule has 0 radical (unpaired) electrons. The fourth-order valence-electron chi connectivity index (χ4n) is 2.67. The number of hydrogen-bond donors (Lipinski definition) is 1. The smallest absolute Gasteiger partial charge is 0.317 e.